The smallest absolute Gasteiger partial charge is 0.200 e. The number of anilines is 1. The van der Waals surface area contributed by atoms with Crippen molar-refractivity contribution in [2.75, 3.05) is 5.12 Å². The summed E-state index contributed by atoms with van der Waals surface area (Å²) in [6.45, 7) is 0. The van der Waals surface area contributed by atoms with Gasteiger partial charge in [-0.1, -0.05) is 48.6 Å². The molecule has 1 atom stereocenters. The molecule has 1 aliphatic carbocycles. The number of hydrogen-bond acceptors (Lipinski definition) is 3. The number of hydrazone groups is 1. The first-order chi connectivity index (χ1) is 11.0. The molecule has 0 saturated carbocycles. The molecule has 0 amide bonds. The molecule has 1 aliphatic heterocycles. The number of halogens is 3. The highest BCUT2D eigenvalue weighted by Gasteiger charge is 2.36. The van der Waals surface area contributed by atoms with Crippen LogP contribution in [-0.4, -0.2) is 17.9 Å². The molecule has 0 saturated heterocycles. The fraction of sp³-hybridized carbons (Fsp3) is 0.118. The summed E-state index contributed by atoms with van der Waals surface area (Å²) < 4.78 is 38.5. The number of allylic oxidation sites excluding steroid dienone is 2. The fourth-order valence-electron chi connectivity index (χ4n) is 2.76. The molecule has 3 nitrogen and oxygen atoms in total. The lowest BCUT2D eigenvalue weighted by atomic mass is 10.0. The van der Waals surface area contributed by atoms with Crippen molar-refractivity contribution in [1.82, 2.24) is 5.43 Å². The van der Waals surface area contributed by atoms with Gasteiger partial charge in [-0.3, -0.25) is 0 Å². The van der Waals surface area contributed by atoms with Crippen LogP contribution in [-0.2, 0) is 0 Å². The molecule has 0 spiro atoms. The third-order valence-electron chi connectivity index (χ3n) is 3.89. The Kier molecular flexibility index (Phi) is 3.02. The van der Waals surface area contributed by atoms with Gasteiger partial charge in [0.25, 0.3) is 0 Å². The monoisotopic (exact) mass is 315 g/mol. The highest BCUT2D eigenvalue weighted by atomic mass is 19.4. The standard InChI is InChI=1S/C17H12F3N3/c18-17(19,20)12-8-9-14-15(10-12)22-23(21-14)16-7-3-5-11-4-1-2-6-13(11)16/h1-10,14,21H. The van der Waals surface area contributed by atoms with E-state index in [1.54, 1.807) is 5.12 Å². The van der Waals surface area contributed by atoms with E-state index in [4.69, 9.17) is 0 Å². The molecule has 0 aromatic heterocycles. The van der Waals surface area contributed by atoms with Crippen molar-refractivity contribution in [3.05, 3.63) is 66.3 Å². The van der Waals surface area contributed by atoms with Crippen molar-refractivity contribution in [3.63, 3.8) is 0 Å². The van der Waals surface area contributed by atoms with Crippen molar-refractivity contribution in [1.29, 1.82) is 0 Å². The largest absolute Gasteiger partial charge is 0.416 e. The van der Waals surface area contributed by atoms with Gasteiger partial charge >= 0.3 is 6.18 Å². The quantitative estimate of drug-likeness (QED) is 0.863. The molecule has 2 aliphatic rings. The lowest BCUT2D eigenvalue weighted by Crippen LogP contribution is -2.37. The Morgan fingerprint density at radius 2 is 1.83 bits per heavy atom. The molecule has 23 heavy (non-hydrogen) atoms. The molecule has 1 heterocycles. The number of alkyl halides is 3. The van der Waals surface area contributed by atoms with Gasteiger partial charge < -0.3 is 0 Å². The van der Waals surface area contributed by atoms with Crippen molar-refractivity contribution in [2.45, 2.75) is 12.2 Å². The van der Waals surface area contributed by atoms with E-state index in [-0.39, 0.29) is 6.04 Å². The third kappa shape index (κ3) is 2.41. The van der Waals surface area contributed by atoms with Gasteiger partial charge in [-0.15, -0.1) is 0 Å². The third-order valence-corrected chi connectivity index (χ3v) is 3.89. The zero-order valence-corrected chi connectivity index (χ0v) is 11.9. The Bertz CT molecular complexity index is 860. The van der Waals surface area contributed by atoms with Crippen LogP contribution in [0.2, 0.25) is 0 Å². The van der Waals surface area contributed by atoms with E-state index in [1.807, 2.05) is 42.5 Å². The summed E-state index contributed by atoms with van der Waals surface area (Å²) in [5, 5.41) is 7.88. The Morgan fingerprint density at radius 3 is 2.65 bits per heavy atom. The predicted molar refractivity (Wildman–Crippen MR) is 84.1 cm³/mol. The van der Waals surface area contributed by atoms with Gasteiger partial charge in [0.15, 0.2) is 0 Å². The van der Waals surface area contributed by atoms with Crippen LogP contribution in [0, 0.1) is 0 Å². The van der Waals surface area contributed by atoms with Crippen LogP contribution in [0.15, 0.2) is 71.4 Å². The van der Waals surface area contributed by atoms with E-state index < -0.39 is 11.7 Å². The van der Waals surface area contributed by atoms with Crippen molar-refractivity contribution in [3.8, 4) is 0 Å². The first-order valence-corrected chi connectivity index (χ1v) is 7.12. The zero-order valence-electron chi connectivity index (χ0n) is 11.9. The van der Waals surface area contributed by atoms with Crippen molar-refractivity contribution < 1.29 is 13.2 Å². The van der Waals surface area contributed by atoms with Gasteiger partial charge in [-0.2, -0.15) is 28.8 Å². The van der Waals surface area contributed by atoms with Crippen LogP contribution in [0.1, 0.15) is 0 Å². The Balaban J connectivity index is 1.74. The fourth-order valence-corrected chi connectivity index (χ4v) is 2.76. The number of hydrogen-bond donors (Lipinski definition) is 1. The Morgan fingerprint density at radius 1 is 1.04 bits per heavy atom. The first kappa shape index (κ1) is 14.0. The minimum atomic E-state index is -4.36. The minimum absolute atomic E-state index is 0.347. The van der Waals surface area contributed by atoms with Crippen LogP contribution in [0.4, 0.5) is 18.9 Å². The maximum Gasteiger partial charge on any atom is 0.416 e. The summed E-state index contributed by atoms with van der Waals surface area (Å²) in [6, 6.07) is 13.2. The van der Waals surface area contributed by atoms with Gasteiger partial charge in [0.05, 0.1) is 23.0 Å². The summed E-state index contributed by atoms with van der Waals surface area (Å²) in [5.74, 6) is 0. The summed E-state index contributed by atoms with van der Waals surface area (Å²) in [4.78, 5) is 0. The van der Waals surface area contributed by atoms with Crippen LogP contribution >= 0.6 is 0 Å². The molecular formula is C17H12F3N3. The number of nitrogens with zero attached hydrogens (tertiary/aromatic N) is 2. The lowest BCUT2D eigenvalue weighted by Gasteiger charge is -2.19. The highest BCUT2D eigenvalue weighted by molar-refractivity contribution is 6.05. The van der Waals surface area contributed by atoms with Crippen LogP contribution in [0.5, 0.6) is 0 Å². The Labute approximate surface area is 130 Å². The number of rotatable bonds is 1. The van der Waals surface area contributed by atoms with Gasteiger partial charge in [0.2, 0.25) is 0 Å². The summed E-state index contributed by atoms with van der Waals surface area (Å²) in [6.07, 6.45) is -0.713. The van der Waals surface area contributed by atoms with E-state index >= 15 is 0 Å². The molecular weight excluding hydrogens is 303 g/mol. The average Bonchev–Trinajstić information content (AvgIpc) is 2.96. The molecule has 1 unspecified atom stereocenters. The normalized spacial score (nSPS) is 20.5. The number of fused-ring (bicyclic) bond motifs is 2. The van der Waals surface area contributed by atoms with Gasteiger partial charge in [0.1, 0.15) is 0 Å². The SMILES string of the molecule is FC(F)(F)C1=CC2=NN(c3cccc4ccccc34)NC2C=C1. The lowest BCUT2D eigenvalue weighted by molar-refractivity contribution is -0.0881. The van der Waals surface area contributed by atoms with Gasteiger partial charge in [-0.05, 0) is 17.5 Å². The number of hydrazine groups is 1. The molecule has 116 valence electrons. The minimum Gasteiger partial charge on any atom is -0.200 e. The topological polar surface area (TPSA) is 27.6 Å². The average molecular weight is 315 g/mol. The molecule has 0 fully saturated rings. The summed E-state index contributed by atoms with van der Waals surface area (Å²) in [7, 11) is 0. The number of nitrogens with one attached hydrogen (secondary N) is 1. The molecule has 4 rings (SSSR count). The second kappa shape index (κ2) is 4.96. The number of benzene rings is 2. The second-order valence-corrected chi connectivity index (χ2v) is 5.40. The molecule has 2 aromatic rings. The first-order valence-electron chi connectivity index (χ1n) is 7.12. The molecule has 2 aromatic carbocycles. The van der Waals surface area contributed by atoms with E-state index in [1.165, 1.54) is 6.08 Å². The van der Waals surface area contributed by atoms with Crippen LogP contribution in [0.25, 0.3) is 10.8 Å². The molecule has 0 bridgehead atoms. The van der Waals surface area contributed by atoms with E-state index in [0.717, 1.165) is 28.6 Å². The predicted octanol–water partition coefficient (Wildman–Crippen LogP) is 3.95. The van der Waals surface area contributed by atoms with Crippen molar-refractivity contribution in [2.24, 2.45) is 5.10 Å². The Hall–Kier alpha value is -2.60. The molecule has 0 radical (unpaired) electrons. The second-order valence-electron chi connectivity index (χ2n) is 5.40. The van der Waals surface area contributed by atoms with Crippen molar-refractivity contribution >= 4 is 22.2 Å². The molecule has 6 heteroatoms. The maximum atomic E-state index is 12.8. The summed E-state index contributed by atoms with van der Waals surface area (Å²) >= 11 is 0. The van der Waals surface area contributed by atoms with E-state index in [0.29, 0.717) is 5.71 Å². The maximum absolute atomic E-state index is 12.8. The van der Waals surface area contributed by atoms with Gasteiger partial charge in [-0.25, -0.2) is 0 Å². The zero-order chi connectivity index (χ0) is 16.0. The molecule has 1 N–H and O–H groups in total. The summed E-state index contributed by atoms with van der Waals surface area (Å²) in [5.41, 5.74) is 3.58. The van der Waals surface area contributed by atoms with Gasteiger partial charge in [0, 0.05) is 5.39 Å². The highest BCUT2D eigenvalue weighted by Crippen LogP contribution is 2.32. The van der Waals surface area contributed by atoms with E-state index in [2.05, 4.69) is 10.5 Å². The van der Waals surface area contributed by atoms with Crippen LogP contribution in [0.3, 0.4) is 0 Å². The van der Waals surface area contributed by atoms with E-state index in [9.17, 15) is 13.2 Å². The van der Waals surface area contributed by atoms with Crippen LogP contribution < -0.4 is 10.5 Å².